The number of carbonyl (C=O) groups excluding carboxylic acids is 1. The summed E-state index contributed by atoms with van der Waals surface area (Å²) in [4.78, 5) is 12.5. The molecule has 0 aromatic carbocycles. The lowest BCUT2D eigenvalue weighted by atomic mass is 10.2. The van der Waals surface area contributed by atoms with E-state index in [2.05, 4.69) is 10.4 Å². The highest BCUT2D eigenvalue weighted by atomic mass is 32.1. The second-order valence-electron chi connectivity index (χ2n) is 3.73. The van der Waals surface area contributed by atoms with Gasteiger partial charge in [-0.3, -0.25) is 9.48 Å². The molecule has 4 nitrogen and oxygen atoms in total. The Morgan fingerprint density at radius 1 is 1.59 bits per heavy atom. The molecule has 0 aliphatic heterocycles. The molecule has 0 fully saturated rings. The number of aryl methyl sites for hydroxylation is 1. The number of hydrogen-bond donors (Lipinski definition) is 1. The number of hydrogen-bond acceptors (Lipinski definition) is 3. The Morgan fingerprint density at radius 2 is 2.41 bits per heavy atom. The van der Waals surface area contributed by atoms with Crippen molar-refractivity contribution < 1.29 is 4.79 Å². The quantitative estimate of drug-likeness (QED) is 0.903. The van der Waals surface area contributed by atoms with Crippen LogP contribution in [0.2, 0.25) is 0 Å². The van der Waals surface area contributed by atoms with E-state index in [9.17, 15) is 4.79 Å². The van der Waals surface area contributed by atoms with E-state index in [4.69, 9.17) is 0 Å². The zero-order valence-corrected chi connectivity index (χ0v) is 10.8. The first-order chi connectivity index (χ1) is 8.22. The molecular weight excluding hydrogens is 234 g/mol. The molecule has 5 heteroatoms. The molecule has 2 rings (SSSR count). The van der Waals surface area contributed by atoms with E-state index < -0.39 is 0 Å². The second-order valence-corrected chi connectivity index (χ2v) is 4.68. The highest BCUT2D eigenvalue weighted by Crippen LogP contribution is 2.10. The summed E-state index contributed by atoms with van der Waals surface area (Å²) in [6, 6.07) is 3.70. The van der Waals surface area contributed by atoms with Crippen LogP contribution in [0.1, 0.15) is 27.9 Å². The fraction of sp³-hybridized carbons (Fsp3) is 0.333. The topological polar surface area (TPSA) is 46.9 Å². The van der Waals surface area contributed by atoms with E-state index in [0.717, 1.165) is 22.7 Å². The van der Waals surface area contributed by atoms with Crippen LogP contribution in [0.4, 0.5) is 0 Å². The summed E-state index contributed by atoms with van der Waals surface area (Å²) in [5, 5.41) is 9.04. The van der Waals surface area contributed by atoms with Gasteiger partial charge in [0.2, 0.25) is 0 Å². The molecular formula is C12H15N3OS. The molecule has 1 amide bonds. The second kappa shape index (κ2) is 5.14. The zero-order chi connectivity index (χ0) is 12.3. The first-order valence-corrected chi connectivity index (χ1v) is 6.43. The van der Waals surface area contributed by atoms with Gasteiger partial charge < -0.3 is 5.32 Å². The van der Waals surface area contributed by atoms with Crippen molar-refractivity contribution in [2.45, 2.75) is 26.9 Å². The van der Waals surface area contributed by atoms with Gasteiger partial charge in [0.15, 0.2) is 0 Å². The highest BCUT2D eigenvalue weighted by Gasteiger charge is 2.09. The number of rotatable bonds is 4. The predicted molar refractivity (Wildman–Crippen MR) is 68.1 cm³/mol. The molecule has 0 saturated carbocycles. The van der Waals surface area contributed by atoms with Gasteiger partial charge in [0.25, 0.3) is 5.91 Å². The first kappa shape index (κ1) is 11.9. The molecule has 2 aromatic heterocycles. The monoisotopic (exact) mass is 249 g/mol. The molecule has 0 aliphatic carbocycles. The van der Waals surface area contributed by atoms with Crippen LogP contribution >= 0.6 is 11.3 Å². The maximum Gasteiger partial charge on any atom is 0.261 e. The van der Waals surface area contributed by atoms with Gasteiger partial charge in [0.05, 0.1) is 11.1 Å². The number of thiophene rings is 1. The SMILES string of the molecule is CCn1ncc(CNC(=O)c2cccs2)c1C. The van der Waals surface area contributed by atoms with Gasteiger partial charge in [-0.1, -0.05) is 6.07 Å². The first-order valence-electron chi connectivity index (χ1n) is 5.55. The third kappa shape index (κ3) is 2.55. The predicted octanol–water partition coefficient (Wildman–Crippen LogP) is 2.20. The van der Waals surface area contributed by atoms with Crippen LogP contribution in [0, 0.1) is 6.92 Å². The summed E-state index contributed by atoms with van der Waals surface area (Å²) in [5.41, 5.74) is 2.18. The molecule has 0 unspecified atom stereocenters. The minimum Gasteiger partial charge on any atom is -0.347 e. The molecule has 2 aromatic rings. The van der Waals surface area contributed by atoms with Crippen LogP contribution in [-0.4, -0.2) is 15.7 Å². The van der Waals surface area contributed by atoms with E-state index in [-0.39, 0.29) is 5.91 Å². The van der Waals surface area contributed by atoms with E-state index >= 15 is 0 Å². The highest BCUT2D eigenvalue weighted by molar-refractivity contribution is 7.12. The van der Waals surface area contributed by atoms with Crippen LogP contribution in [0.25, 0.3) is 0 Å². The Labute approximate surface area is 104 Å². The number of amides is 1. The van der Waals surface area contributed by atoms with Crippen molar-refractivity contribution in [3.63, 3.8) is 0 Å². The summed E-state index contributed by atoms with van der Waals surface area (Å²) in [6.07, 6.45) is 1.81. The molecule has 0 aliphatic rings. The summed E-state index contributed by atoms with van der Waals surface area (Å²) < 4.78 is 1.92. The largest absolute Gasteiger partial charge is 0.347 e. The Kier molecular flexibility index (Phi) is 3.58. The third-order valence-electron chi connectivity index (χ3n) is 2.69. The van der Waals surface area contributed by atoms with Crippen LogP contribution in [0.5, 0.6) is 0 Å². The third-order valence-corrected chi connectivity index (χ3v) is 3.56. The summed E-state index contributed by atoms with van der Waals surface area (Å²) >= 11 is 1.45. The number of nitrogens with one attached hydrogen (secondary N) is 1. The smallest absolute Gasteiger partial charge is 0.261 e. The molecule has 0 atom stereocenters. The molecule has 0 radical (unpaired) electrons. The molecule has 0 spiro atoms. The van der Waals surface area contributed by atoms with Crippen molar-refractivity contribution in [2.24, 2.45) is 0 Å². The minimum absolute atomic E-state index is 0.0244. The average molecular weight is 249 g/mol. The fourth-order valence-electron chi connectivity index (χ4n) is 1.65. The van der Waals surface area contributed by atoms with Gasteiger partial charge in [0, 0.05) is 24.3 Å². The number of carbonyl (C=O) groups is 1. The lowest BCUT2D eigenvalue weighted by molar-refractivity contribution is 0.0955. The van der Waals surface area contributed by atoms with Crippen molar-refractivity contribution in [2.75, 3.05) is 0 Å². The van der Waals surface area contributed by atoms with Gasteiger partial charge >= 0.3 is 0 Å². The van der Waals surface area contributed by atoms with E-state index in [1.54, 1.807) is 0 Å². The average Bonchev–Trinajstić information content (AvgIpc) is 2.96. The molecule has 0 saturated heterocycles. The molecule has 0 bridgehead atoms. The standard InChI is InChI=1S/C12H15N3OS/c1-3-15-9(2)10(8-14-15)7-13-12(16)11-5-4-6-17-11/h4-6,8H,3,7H2,1-2H3,(H,13,16). The summed E-state index contributed by atoms with van der Waals surface area (Å²) in [7, 11) is 0. The van der Waals surface area contributed by atoms with Crippen LogP contribution in [-0.2, 0) is 13.1 Å². The van der Waals surface area contributed by atoms with Gasteiger partial charge in [-0.2, -0.15) is 5.10 Å². The normalized spacial score (nSPS) is 10.5. The van der Waals surface area contributed by atoms with E-state index in [1.165, 1.54) is 11.3 Å². The van der Waals surface area contributed by atoms with E-state index in [1.807, 2.05) is 42.2 Å². The van der Waals surface area contributed by atoms with Crippen LogP contribution < -0.4 is 5.32 Å². The van der Waals surface area contributed by atoms with Crippen LogP contribution in [0.3, 0.4) is 0 Å². The minimum atomic E-state index is -0.0244. The molecule has 2 heterocycles. The summed E-state index contributed by atoms with van der Waals surface area (Å²) in [6.45, 7) is 5.45. The van der Waals surface area contributed by atoms with Gasteiger partial charge in [0.1, 0.15) is 0 Å². The van der Waals surface area contributed by atoms with Crippen molar-refractivity contribution in [1.29, 1.82) is 0 Å². The maximum absolute atomic E-state index is 11.7. The van der Waals surface area contributed by atoms with Crippen molar-refractivity contribution in [3.8, 4) is 0 Å². The van der Waals surface area contributed by atoms with E-state index in [0.29, 0.717) is 6.54 Å². The van der Waals surface area contributed by atoms with Gasteiger partial charge in [-0.15, -0.1) is 11.3 Å². The van der Waals surface area contributed by atoms with Crippen LogP contribution in [0.15, 0.2) is 23.7 Å². The molecule has 17 heavy (non-hydrogen) atoms. The van der Waals surface area contributed by atoms with Gasteiger partial charge in [-0.25, -0.2) is 0 Å². The number of nitrogens with zero attached hydrogens (tertiary/aromatic N) is 2. The van der Waals surface area contributed by atoms with Crippen molar-refractivity contribution in [3.05, 3.63) is 39.8 Å². The zero-order valence-electron chi connectivity index (χ0n) is 9.93. The van der Waals surface area contributed by atoms with Gasteiger partial charge in [-0.05, 0) is 25.3 Å². The Bertz CT molecular complexity index is 502. The molecule has 1 N–H and O–H groups in total. The van der Waals surface area contributed by atoms with Crippen molar-refractivity contribution >= 4 is 17.2 Å². The van der Waals surface area contributed by atoms with Crippen molar-refractivity contribution in [1.82, 2.24) is 15.1 Å². The fourth-order valence-corrected chi connectivity index (χ4v) is 2.29. The lowest BCUT2D eigenvalue weighted by Crippen LogP contribution is -2.22. The lowest BCUT2D eigenvalue weighted by Gasteiger charge is -2.04. The Hall–Kier alpha value is -1.62. The Morgan fingerprint density at radius 3 is 3.00 bits per heavy atom. The Balaban J connectivity index is 1.98. The maximum atomic E-state index is 11.7. The number of aromatic nitrogens is 2. The summed E-state index contributed by atoms with van der Waals surface area (Å²) in [5.74, 6) is -0.0244. The molecule has 90 valence electrons.